The lowest BCUT2D eigenvalue weighted by Crippen LogP contribution is -2.00. The number of aromatic nitrogens is 3. The van der Waals surface area contributed by atoms with Crippen LogP contribution in [0.5, 0.6) is 0 Å². The summed E-state index contributed by atoms with van der Waals surface area (Å²) < 4.78 is 2.31. The largest absolute Gasteiger partial charge is 0.208 e. The molecule has 0 amide bonds. The Hall–Kier alpha value is -3.15. The Morgan fingerprint density at radius 1 is 0.750 bits per heavy atom. The van der Waals surface area contributed by atoms with Crippen LogP contribution in [0.2, 0.25) is 0 Å². The zero-order chi connectivity index (χ0) is 22.1. The van der Waals surface area contributed by atoms with Crippen molar-refractivity contribution in [1.82, 2.24) is 15.0 Å². The second-order valence-electron chi connectivity index (χ2n) is 7.52. The molecule has 156 valence electrons. The molecule has 3 aromatic carbocycles. The summed E-state index contributed by atoms with van der Waals surface area (Å²) in [5, 5.41) is 1.18. The average Bonchev–Trinajstić information content (AvgIpc) is 3.14. The summed E-state index contributed by atoms with van der Waals surface area (Å²) in [5.74, 6) is 2.03. The number of benzene rings is 3. The topological polar surface area (TPSA) is 38.7 Å². The van der Waals surface area contributed by atoms with E-state index >= 15 is 0 Å². The number of hydrogen-bond donors (Lipinski definition) is 0. The molecule has 5 heteroatoms. The third-order valence-corrected chi connectivity index (χ3v) is 6.54. The predicted octanol–water partition coefficient (Wildman–Crippen LogP) is 8.15. The van der Waals surface area contributed by atoms with E-state index < -0.39 is 0 Å². The fourth-order valence-electron chi connectivity index (χ4n) is 3.78. The lowest BCUT2D eigenvalue weighted by Gasteiger charge is -2.10. The van der Waals surface area contributed by atoms with Gasteiger partial charge in [-0.05, 0) is 36.0 Å². The lowest BCUT2D eigenvalue weighted by molar-refractivity contribution is 1.08. The molecule has 0 spiro atoms. The molecular formula is C27H20BrN3S. The van der Waals surface area contributed by atoms with Crippen LogP contribution in [0.1, 0.15) is 17.4 Å². The van der Waals surface area contributed by atoms with E-state index in [9.17, 15) is 0 Å². The number of thiophene rings is 1. The van der Waals surface area contributed by atoms with Gasteiger partial charge in [0.25, 0.3) is 0 Å². The van der Waals surface area contributed by atoms with Crippen LogP contribution in [-0.4, -0.2) is 15.0 Å². The van der Waals surface area contributed by atoms with Gasteiger partial charge in [0.2, 0.25) is 0 Å². The molecule has 3 nitrogen and oxygen atoms in total. The van der Waals surface area contributed by atoms with Gasteiger partial charge < -0.3 is 0 Å². The molecule has 2 aromatic heterocycles. The van der Waals surface area contributed by atoms with Crippen LogP contribution in [0, 0.1) is 6.92 Å². The Morgan fingerprint density at radius 2 is 1.31 bits per heavy atom. The Morgan fingerprint density at radius 3 is 1.88 bits per heavy atom. The SMILES string of the molecule is C/C(Br)=C\c1c(C)sc2cccc(-c3nc(-c4ccccc4)nc(-c4ccccc4)n3)c12. The van der Waals surface area contributed by atoms with Crippen molar-refractivity contribution in [1.29, 1.82) is 0 Å². The average molecular weight is 498 g/mol. The Balaban J connectivity index is 1.81. The summed E-state index contributed by atoms with van der Waals surface area (Å²) in [6.45, 7) is 4.21. The molecule has 5 rings (SSSR count). The van der Waals surface area contributed by atoms with Crippen molar-refractivity contribution in [3.63, 3.8) is 0 Å². The van der Waals surface area contributed by atoms with E-state index in [1.54, 1.807) is 11.3 Å². The van der Waals surface area contributed by atoms with E-state index in [1.807, 2.05) is 60.7 Å². The first-order chi connectivity index (χ1) is 15.6. The maximum atomic E-state index is 4.93. The summed E-state index contributed by atoms with van der Waals surface area (Å²) in [4.78, 5) is 15.9. The molecule has 0 saturated carbocycles. The number of rotatable bonds is 4. The maximum Gasteiger partial charge on any atom is 0.164 e. The number of hydrogen-bond acceptors (Lipinski definition) is 4. The molecule has 0 N–H and O–H groups in total. The molecule has 0 aliphatic heterocycles. The second-order valence-corrected chi connectivity index (χ2v) is 10.0. The highest BCUT2D eigenvalue weighted by Crippen LogP contribution is 2.39. The Bertz CT molecular complexity index is 1380. The minimum absolute atomic E-state index is 0.673. The van der Waals surface area contributed by atoms with Gasteiger partial charge in [0, 0.05) is 31.7 Å². The quantitative estimate of drug-likeness (QED) is 0.251. The molecule has 0 unspecified atom stereocenters. The fourth-order valence-corrected chi connectivity index (χ4v) is 5.08. The van der Waals surface area contributed by atoms with Crippen molar-refractivity contribution >= 4 is 43.4 Å². The highest BCUT2D eigenvalue weighted by molar-refractivity contribution is 9.11. The minimum Gasteiger partial charge on any atom is -0.208 e. The monoisotopic (exact) mass is 497 g/mol. The van der Waals surface area contributed by atoms with E-state index in [0.717, 1.165) is 21.2 Å². The zero-order valence-electron chi connectivity index (χ0n) is 17.7. The number of allylic oxidation sites excluding steroid dienone is 1. The van der Waals surface area contributed by atoms with Gasteiger partial charge in [-0.25, -0.2) is 15.0 Å². The number of halogens is 1. The molecule has 0 saturated heterocycles. The third kappa shape index (κ3) is 4.01. The smallest absolute Gasteiger partial charge is 0.164 e. The van der Waals surface area contributed by atoms with E-state index in [2.05, 4.69) is 54.1 Å². The Kier molecular flexibility index (Phi) is 5.68. The standard InChI is InChI=1S/C27H20BrN3S/c1-17(28)16-22-18(2)32-23-15-9-14-21(24(22)23)27-30-25(19-10-5-3-6-11-19)29-26(31-27)20-12-7-4-8-13-20/h3-16H,1-2H3/b17-16+. The van der Waals surface area contributed by atoms with Crippen molar-refractivity contribution in [2.45, 2.75) is 13.8 Å². The number of fused-ring (bicyclic) bond motifs is 1. The van der Waals surface area contributed by atoms with E-state index in [4.69, 9.17) is 15.0 Å². The van der Waals surface area contributed by atoms with Crippen molar-refractivity contribution in [2.75, 3.05) is 0 Å². The van der Waals surface area contributed by atoms with Crippen LogP contribution in [0.3, 0.4) is 0 Å². The van der Waals surface area contributed by atoms with Gasteiger partial charge in [0.1, 0.15) is 0 Å². The van der Waals surface area contributed by atoms with Gasteiger partial charge in [-0.15, -0.1) is 11.3 Å². The van der Waals surface area contributed by atoms with Crippen molar-refractivity contribution in [3.8, 4) is 34.2 Å². The molecular weight excluding hydrogens is 478 g/mol. The molecule has 32 heavy (non-hydrogen) atoms. The van der Waals surface area contributed by atoms with Crippen LogP contribution in [-0.2, 0) is 0 Å². The van der Waals surface area contributed by atoms with Crippen LogP contribution < -0.4 is 0 Å². The second kappa shape index (κ2) is 8.77. The van der Waals surface area contributed by atoms with Gasteiger partial charge in [-0.1, -0.05) is 88.7 Å². The van der Waals surface area contributed by atoms with Crippen molar-refractivity contribution in [2.24, 2.45) is 0 Å². The van der Waals surface area contributed by atoms with Crippen LogP contribution in [0.4, 0.5) is 0 Å². The van der Waals surface area contributed by atoms with Gasteiger partial charge in [0.15, 0.2) is 17.5 Å². The van der Waals surface area contributed by atoms with Gasteiger partial charge in [0.05, 0.1) is 0 Å². The highest BCUT2D eigenvalue weighted by atomic mass is 79.9. The third-order valence-electron chi connectivity index (χ3n) is 5.22. The lowest BCUT2D eigenvalue weighted by atomic mass is 10.0. The summed E-state index contributed by atoms with van der Waals surface area (Å²) in [7, 11) is 0. The fraction of sp³-hybridized carbons (Fsp3) is 0.0741. The predicted molar refractivity (Wildman–Crippen MR) is 139 cm³/mol. The molecule has 0 radical (unpaired) electrons. The molecule has 0 atom stereocenters. The molecule has 0 fully saturated rings. The maximum absolute atomic E-state index is 4.93. The summed E-state index contributed by atoms with van der Waals surface area (Å²) in [6.07, 6.45) is 2.18. The van der Waals surface area contributed by atoms with Gasteiger partial charge >= 0.3 is 0 Å². The van der Waals surface area contributed by atoms with E-state index in [-0.39, 0.29) is 0 Å². The molecule has 5 aromatic rings. The Labute approximate surface area is 199 Å². The normalized spacial score (nSPS) is 11.8. The van der Waals surface area contributed by atoms with Crippen LogP contribution in [0.25, 0.3) is 50.3 Å². The first kappa shape index (κ1) is 20.7. The van der Waals surface area contributed by atoms with Crippen LogP contribution in [0.15, 0.2) is 83.3 Å². The first-order valence-electron chi connectivity index (χ1n) is 10.3. The molecule has 0 aliphatic carbocycles. The molecule has 0 aliphatic rings. The summed E-state index contributed by atoms with van der Waals surface area (Å²) in [6, 6.07) is 26.5. The van der Waals surface area contributed by atoms with Gasteiger partial charge in [-0.2, -0.15) is 0 Å². The highest BCUT2D eigenvalue weighted by Gasteiger charge is 2.17. The van der Waals surface area contributed by atoms with E-state index in [1.165, 1.54) is 20.5 Å². The summed E-state index contributed by atoms with van der Waals surface area (Å²) >= 11 is 5.40. The molecule has 0 bridgehead atoms. The number of aryl methyl sites for hydroxylation is 1. The van der Waals surface area contributed by atoms with Crippen molar-refractivity contribution < 1.29 is 0 Å². The van der Waals surface area contributed by atoms with Crippen molar-refractivity contribution in [3.05, 3.63) is 93.8 Å². The summed E-state index contributed by atoms with van der Waals surface area (Å²) in [5.41, 5.74) is 4.17. The van der Waals surface area contributed by atoms with Crippen LogP contribution >= 0.6 is 27.3 Å². The zero-order valence-corrected chi connectivity index (χ0v) is 20.1. The number of nitrogens with zero attached hydrogens (tertiary/aromatic N) is 3. The van der Waals surface area contributed by atoms with Gasteiger partial charge in [-0.3, -0.25) is 0 Å². The molecule has 2 heterocycles. The van der Waals surface area contributed by atoms with E-state index in [0.29, 0.717) is 17.5 Å². The first-order valence-corrected chi connectivity index (χ1v) is 11.9. The minimum atomic E-state index is 0.673.